The average Bonchev–Trinajstić information content (AvgIpc) is 3.38. The largest absolute Gasteiger partial charge is 0.372 e. The molecule has 1 aliphatic carbocycles. The van der Waals surface area contributed by atoms with Gasteiger partial charge in [-0.05, 0) is 56.5 Å². The number of allylic oxidation sites excluding steroid dienone is 1. The first-order valence-corrected chi connectivity index (χ1v) is 10.4. The molecule has 0 aromatic rings. The van der Waals surface area contributed by atoms with Crippen LogP contribution >= 0.6 is 11.8 Å². The van der Waals surface area contributed by atoms with Crippen molar-refractivity contribution >= 4 is 23.6 Å². The van der Waals surface area contributed by atoms with Crippen molar-refractivity contribution in [3.8, 4) is 0 Å². The van der Waals surface area contributed by atoms with Gasteiger partial charge in [0.1, 0.15) is 5.41 Å². The van der Waals surface area contributed by atoms with E-state index in [0.29, 0.717) is 24.8 Å². The van der Waals surface area contributed by atoms with Crippen LogP contribution in [0.2, 0.25) is 0 Å². The Bertz CT molecular complexity index is 533. The predicted molar refractivity (Wildman–Crippen MR) is 104 cm³/mol. The van der Waals surface area contributed by atoms with Gasteiger partial charge in [0, 0.05) is 31.4 Å². The molecular formula is C19H33N3O2S. The molecule has 3 aliphatic rings. The van der Waals surface area contributed by atoms with E-state index in [2.05, 4.69) is 17.7 Å². The number of carbonyl (C=O) groups excluding carboxylic acids is 2. The van der Waals surface area contributed by atoms with Crippen LogP contribution in [0.1, 0.15) is 46.0 Å². The zero-order chi connectivity index (χ0) is 17.3. The molecule has 25 heavy (non-hydrogen) atoms. The molecular weight excluding hydrogens is 334 g/mol. The number of primary amides is 1. The molecule has 5 nitrogen and oxygen atoms in total. The Morgan fingerprint density at radius 1 is 1.36 bits per heavy atom. The van der Waals surface area contributed by atoms with Crippen LogP contribution in [-0.2, 0) is 9.59 Å². The first kappa shape index (κ1) is 20.1. The number of thioether (sulfide) groups is 1. The molecule has 0 spiro atoms. The molecule has 2 aliphatic heterocycles. The summed E-state index contributed by atoms with van der Waals surface area (Å²) in [4.78, 5) is 28.8. The Kier molecular flexibility index (Phi) is 6.46. The van der Waals surface area contributed by atoms with Gasteiger partial charge in [-0.25, -0.2) is 0 Å². The van der Waals surface area contributed by atoms with Gasteiger partial charge in [-0.1, -0.05) is 14.0 Å². The van der Waals surface area contributed by atoms with Gasteiger partial charge in [0.15, 0.2) is 0 Å². The Labute approximate surface area is 156 Å². The second-order valence-corrected chi connectivity index (χ2v) is 8.44. The fourth-order valence-electron chi connectivity index (χ4n) is 4.32. The van der Waals surface area contributed by atoms with Crippen molar-refractivity contribution in [1.29, 1.82) is 0 Å². The van der Waals surface area contributed by atoms with Crippen molar-refractivity contribution in [3.05, 3.63) is 12.3 Å². The summed E-state index contributed by atoms with van der Waals surface area (Å²) >= 11 is 1.88. The fourth-order valence-corrected chi connectivity index (χ4v) is 4.74. The molecule has 0 bridgehead atoms. The van der Waals surface area contributed by atoms with Gasteiger partial charge in [0.2, 0.25) is 11.8 Å². The molecule has 0 unspecified atom stereocenters. The smallest absolute Gasteiger partial charge is 0.238 e. The lowest BCUT2D eigenvalue weighted by Gasteiger charge is -2.49. The van der Waals surface area contributed by atoms with Crippen molar-refractivity contribution in [3.63, 3.8) is 0 Å². The van der Waals surface area contributed by atoms with Gasteiger partial charge in [-0.2, -0.15) is 11.8 Å². The van der Waals surface area contributed by atoms with Gasteiger partial charge >= 0.3 is 0 Å². The molecule has 3 fully saturated rings. The number of likely N-dealkylation sites (tertiary alicyclic amines) is 2. The van der Waals surface area contributed by atoms with Gasteiger partial charge in [0.25, 0.3) is 0 Å². The van der Waals surface area contributed by atoms with E-state index in [4.69, 9.17) is 5.73 Å². The number of nitrogens with two attached hydrogens (primary N) is 1. The number of fused-ring (bicyclic) bond motifs is 1. The molecule has 3 rings (SSSR count). The SMILES string of the molecule is C.C=C1CC[C@@H]2CN(C(=O)C3(C(N)=O)CC3)CC[C@@H]2N1CCCSC. The monoisotopic (exact) mass is 367 g/mol. The zero-order valence-electron chi connectivity index (χ0n) is 14.6. The quantitative estimate of drug-likeness (QED) is 0.578. The Hall–Kier alpha value is -1.17. The normalized spacial score (nSPS) is 27.3. The van der Waals surface area contributed by atoms with E-state index in [0.717, 1.165) is 38.9 Å². The molecule has 2 heterocycles. The molecule has 2 N–H and O–H groups in total. The zero-order valence-corrected chi connectivity index (χ0v) is 15.4. The third-order valence-corrected chi connectivity index (χ3v) is 6.67. The Morgan fingerprint density at radius 2 is 2.08 bits per heavy atom. The predicted octanol–water partition coefficient (Wildman–Crippen LogP) is 2.47. The number of piperidine rings is 2. The molecule has 2 atom stereocenters. The summed E-state index contributed by atoms with van der Waals surface area (Å²) in [5, 5.41) is 0. The lowest BCUT2D eigenvalue weighted by molar-refractivity contribution is -0.145. The summed E-state index contributed by atoms with van der Waals surface area (Å²) in [6.07, 6.45) is 7.66. The topological polar surface area (TPSA) is 66.6 Å². The van der Waals surface area contributed by atoms with Crippen LogP contribution < -0.4 is 5.73 Å². The summed E-state index contributed by atoms with van der Waals surface area (Å²) in [5.41, 5.74) is 5.86. The highest BCUT2D eigenvalue weighted by Crippen LogP contribution is 2.48. The maximum Gasteiger partial charge on any atom is 0.238 e. The van der Waals surface area contributed by atoms with E-state index in [1.807, 2.05) is 16.7 Å². The van der Waals surface area contributed by atoms with Crippen LogP contribution in [0.25, 0.3) is 0 Å². The maximum atomic E-state index is 12.7. The van der Waals surface area contributed by atoms with Crippen LogP contribution in [-0.4, -0.2) is 59.3 Å². The van der Waals surface area contributed by atoms with E-state index in [1.54, 1.807) is 0 Å². The molecule has 1 saturated carbocycles. The second-order valence-electron chi connectivity index (χ2n) is 7.46. The van der Waals surface area contributed by atoms with E-state index in [1.165, 1.54) is 17.9 Å². The molecule has 0 aromatic heterocycles. The number of amides is 2. The number of rotatable bonds is 6. The van der Waals surface area contributed by atoms with E-state index in [-0.39, 0.29) is 13.3 Å². The summed E-state index contributed by atoms with van der Waals surface area (Å²) in [6, 6.07) is 0.501. The minimum absolute atomic E-state index is 0. The summed E-state index contributed by atoms with van der Waals surface area (Å²) in [7, 11) is 0. The lowest BCUT2D eigenvalue weighted by Crippen LogP contribution is -2.56. The van der Waals surface area contributed by atoms with Crippen molar-refractivity contribution in [2.75, 3.05) is 31.6 Å². The summed E-state index contributed by atoms with van der Waals surface area (Å²) in [5.74, 6) is 1.20. The van der Waals surface area contributed by atoms with Gasteiger partial charge < -0.3 is 15.5 Å². The third kappa shape index (κ3) is 3.83. The number of hydrogen-bond acceptors (Lipinski definition) is 4. The molecule has 2 saturated heterocycles. The first-order valence-electron chi connectivity index (χ1n) is 9.02. The Balaban J connectivity index is 0.00000225. The van der Waals surface area contributed by atoms with Crippen molar-refractivity contribution in [2.24, 2.45) is 17.1 Å². The van der Waals surface area contributed by atoms with Crippen molar-refractivity contribution in [1.82, 2.24) is 9.80 Å². The number of hydrogen-bond donors (Lipinski definition) is 1. The molecule has 142 valence electrons. The van der Waals surface area contributed by atoms with Crippen LogP contribution in [0, 0.1) is 11.3 Å². The van der Waals surface area contributed by atoms with Crippen molar-refractivity contribution < 1.29 is 9.59 Å². The molecule has 6 heteroatoms. The lowest BCUT2D eigenvalue weighted by atomic mass is 9.82. The van der Waals surface area contributed by atoms with Crippen LogP contribution in [0.5, 0.6) is 0 Å². The molecule has 0 radical (unpaired) electrons. The van der Waals surface area contributed by atoms with Gasteiger partial charge in [0.05, 0.1) is 0 Å². The molecule has 0 aromatic carbocycles. The van der Waals surface area contributed by atoms with Crippen molar-refractivity contribution in [2.45, 2.75) is 52.0 Å². The number of nitrogens with zero attached hydrogens (tertiary/aromatic N) is 2. The van der Waals surface area contributed by atoms with E-state index in [9.17, 15) is 9.59 Å². The second kappa shape index (κ2) is 8.02. The summed E-state index contributed by atoms with van der Waals surface area (Å²) < 4.78 is 0. The highest BCUT2D eigenvalue weighted by Gasteiger charge is 2.57. The first-order chi connectivity index (χ1) is 11.5. The minimum Gasteiger partial charge on any atom is -0.372 e. The standard InChI is InChI=1S/C18H29N3O2S.CH4/c1-13-4-5-14-12-20(17(23)18(7-8-18)16(19)22)10-6-15(14)21(13)9-3-11-24-2;/h14-15H,1,3-12H2,2H3,(H2,19,22);1H4/t14-,15+;/m1./s1. The highest BCUT2D eigenvalue weighted by atomic mass is 32.2. The fraction of sp³-hybridized carbons (Fsp3) is 0.789. The highest BCUT2D eigenvalue weighted by molar-refractivity contribution is 7.98. The number of carbonyl (C=O) groups is 2. The van der Waals surface area contributed by atoms with Crippen LogP contribution in [0.15, 0.2) is 12.3 Å². The van der Waals surface area contributed by atoms with Crippen LogP contribution in [0.3, 0.4) is 0 Å². The van der Waals surface area contributed by atoms with Crippen LogP contribution in [0.4, 0.5) is 0 Å². The Morgan fingerprint density at radius 3 is 2.68 bits per heavy atom. The van der Waals surface area contributed by atoms with E-state index >= 15 is 0 Å². The summed E-state index contributed by atoms with van der Waals surface area (Å²) in [6.45, 7) is 6.84. The van der Waals surface area contributed by atoms with Gasteiger partial charge in [-0.15, -0.1) is 0 Å². The molecule has 2 amide bonds. The third-order valence-electron chi connectivity index (χ3n) is 5.97. The average molecular weight is 368 g/mol. The maximum absolute atomic E-state index is 12.7. The minimum atomic E-state index is -0.872. The van der Waals surface area contributed by atoms with Gasteiger partial charge in [-0.3, -0.25) is 9.59 Å². The van der Waals surface area contributed by atoms with E-state index < -0.39 is 11.3 Å².